The number of aromatic nitrogens is 3. The largest absolute Gasteiger partial charge is 0.456 e. The Morgan fingerprint density at radius 3 is 2.00 bits per heavy atom. The van der Waals surface area contributed by atoms with Crippen molar-refractivity contribution in [1.29, 1.82) is 0 Å². The summed E-state index contributed by atoms with van der Waals surface area (Å²) >= 11 is 0. The molecule has 0 N–H and O–H groups in total. The molecule has 226 valence electrons. The lowest BCUT2D eigenvalue weighted by molar-refractivity contribution is 0.661. The fourth-order valence-corrected chi connectivity index (χ4v) is 7.70. The number of nitrogens with zero attached hydrogens (tertiary/aromatic N) is 3. The van der Waals surface area contributed by atoms with Crippen LogP contribution in [0.25, 0.3) is 88.8 Å². The van der Waals surface area contributed by atoms with Gasteiger partial charge in [-0.25, -0.2) is 15.0 Å². The van der Waals surface area contributed by atoms with E-state index in [2.05, 4.69) is 92.7 Å². The van der Waals surface area contributed by atoms with Crippen LogP contribution in [0.15, 0.2) is 144 Å². The zero-order valence-electron chi connectivity index (χ0n) is 26.5. The molecule has 0 aliphatic heterocycles. The van der Waals surface area contributed by atoms with Crippen molar-refractivity contribution in [3.63, 3.8) is 0 Å². The molecular weight excluding hydrogens is 587 g/mol. The van der Waals surface area contributed by atoms with Gasteiger partial charge < -0.3 is 4.42 Å². The van der Waals surface area contributed by atoms with Gasteiger partial charge in [0, 0.05) is 32.9 Å². The van der Waals surface area contributed by atoms with Crippen LogP contribution in [0.1, 0.15) is 25.0 Å². The molecule has 0 amide bonds. The minimum atomic E-state index is -0.0550. The van der Waals surface area contributed by atoms with Crippen molar-refractivity contribution in [2.75, 3.05) is 0 Å². The van der Waals surface area contributed by atoms with Crippen LogP contribution >= 0.6 is 0 Å². The summed E-state index contributed by atoms with van der Waals surface area (Å²) < 4.78 is 6.22. The lowest BCUT2D eigenvalue weighted by Crippen LogP contribution is -2.14. The highest BCUT2D eigenvalue weighted by molar-refractivity contribution is 6.12. The predicted octanol–water partition coefficient (Wildman–Crippen LogP) is 11.4. The summed E-state index contributed by atoms with van der Waals surface area (Å²) in [6, 6.07) is 49.0. The third kappa shape index (κ3) is 3.93. The van der Waals surface area contributed by atoms with Crippen molar-refractivity contribution in [2.24, 2.45) is 0 Å². The molecule has 10 rings (SSSR count). The molecule has 9 aromatic rings. The van der Waals surface area contributed by atoms with E-state index in [1.165, 1.54) is 38.4 Å². The first-order valence-electron chi connectivity index (χ1n) is 16.4. The Labute approximate surface area is 277 Å². The number of hydrogen-bond donors (Lipinski definition) is 0. The zero-order chi connectivity index (χ0) is 32.0. The summed E-state index contributed by atoms with van der Waals surface area (Å²) in [7, 11) is 0. The van der Waals surface area contributed by atoms with Crippen molar-refractivity contribution >= 4 is 43.5 Å². The van der Waals surface area contributed by atoms with Crippen molar-refractivity contribution in [1.82, 2.24) is 15.0 Å². The molecule has 0 spiro atoms. The molecule has 2 aromatic heterocycles. The smallest absolute Gasteiger partial charge is 0.164 e. The maximum atomic E-state index is 6.22. The standard InChI is InChI=1S/C44H29N3O/c1-44(2)36-16-8-6-13-31(36)35-24-28-20-19-27-23-29(21-22-30(27)34(28)25-37(35)44)42-45-41(26-11-4-3-5-12-26)46-43(47-42)33-15-10-18-39-40(33)32-14-7-9-17-38(32)48-39/h3-25H,1-2H3. The Morgan fingerprint density at radius 2 is 1.12 bits per heavy atom. The van der Waals surface area contributed by atoms with Gasteiger partial charge in [-0.05, 0) is 74.1 Å². The Bertz CT molecular complexity index is 2760. The monoisotopic (exact) mass is 615 g/mol. The highest BCUT2D eigenvalue weighted by atomic mass is 16.3. The highest BCUT2D eigenvalue weighted by Crippen LogP contribution is 2.50. The van der Waals surface area contributed by atoms with E-state index >= 15 is 0 Å². The first-order valence-corrected chi connectivity index (χ1v) is 16.4. The molecule has 48 heavy (non-hydrogen) atoms. The Morgan fingerprint density at radius 1 is 0.438 bits per heavy atom. The average Bonchev–Trinajstić information content (AvgIpc) is 3.63. The van der Waals surface area contributed by atoms with Gasteiger partial charge in [0.1, 0.15) is 11.2 Å². The van der Waals surface area contributed by atoms with E-state index in [9.17, 15) is 0 Å². The molecule has 2 heterocycles. The second-order valence-electron chi connectivity index (χ2n) is 13.2. The van der Waals surface area contributed by atoms with Gasteiger partial charge in [-0.2, -0.15) is 0 Å². The van der Waals surface area contributed by atoms with Crippen molar-refractivity contribution in [3.8, 4) is 45.3 Å². The van der Waals surface area contributed by atoms with Crippen LogP contribution in [0.4, 0.5) is 0 Å². The average molecular weight is 616 g/mol. The minimum Gasteiger partial charge on any atom is -0.456 e. The molecule has 1 aliphatic carbocycles. The number of hydrogen-bond acceptors (Lipinski definition) is 4. The molecule has 0 saturated carbocycles. The second kappa shape index (κ2) is 9.93. The molecule has 4 heteroatoms. The van der Waals surface area contributed by atoms with Crippen LogP contribution < -0.4 is 0 Å². The van der Waals surface area contributed by atoms with E-state index in [4.69, 9.17) is 19.4 Å². The zero-order valence-corrected chi connectivity index (χ0v) is 26.5. The van der Waals surface area contributed by atoms with Gasteiger partial charge in [0.05, 0.1) is 0 Å². The summed E-state index contributed by atoms with van der Waals surface area (Å²) in [6.45, 7) is 4.67. The van der Waals surface area contributed by atoms with Crippen LogP contribution in [0.2, 0.25) is 0 Å². The lowest BCUT2D eigenvalue weighted by atomic mass is 9.81. The molecule has 0 unspecified atom stereocenters. The van der Waals surface area contributed by atoms with Gasteiger partial charge in [-0.3, -0.25) is 0 Å². The maximum Gasteiger partial charge on any atom is 0.164 e. The van der Waals surface area contributed by atoms with Crippen molar-refractivity contribution in [3.05, 3.63) is 151 Å². The number of furan rings is 1. The van der Waals surface area contributed by atoms with Gasteiger partial charge in [0.15, 0.2) is 17.5 Å². The highest BCUT2D eigenvalue weighted by Gasteiger charge is 2.35. The lowest BCUT2D eigenvalue weighted by Gasteiger charge is -2.22. The van der Waals surface area contributed by atoms with Crippen LogP contribution in [0.3, 0.4) is 0 Å². The number of para-hydroxylation sites is 1. The first-order chi connectivity index (χ1) is 23.5. The van der Waals surface area contributed by atoms with Crippen LogP contribution in [0.5, 0.6) is 0 Å². The van der Waals surface area contributed by atoms with E-state index < -0.39 is 0 Å². The molecular formula is C44H29N3O. The van der Waals surface area contributed by atoms with Gasteiger partial charge in [-0.15, -0.1) is 0 Å². The molecule has 0 saturated heterocycles. The van der Waals surface area contributed by atoms with Gasteiger partial charge in [-0.1, -0.05) is 123 Å². The Balaban J connectivity index is 1.17. The van der Waals surface area contributed by atoms with E-state index in [1.807, 2.05) is 60.7 Å². The quantitative estimate of drug-likeness (QED) is 0.186. The van der Waals surface area contributed by atoms with E-state index in [0.717, 1.165) is 44.0 Å². The van der Waals surface area contributed by atoms with E-state index in [1.54, 1.807) is 0 Å². The van der Waals surface area contributed by atoms with Crippen LogP contribution in [0, 0.1) is 0 Å². The summed E-state index contributed by atoms with van der Waals surface area (Å²) in [5.41, 5.74) is 9.85. The molecule has 7 aromatic carbocycles. The Kier molecular flexibility index (Phi) is 5.59. The third-order valence-corrected chi connectivity index (χ3v) is 10.1. The molecule has 0 bridgehead atoms. The van der Waals surface area contributed by atoms with Gasteiger partial charge in [0.2, 0.25) is 0 Å². The van der Waals surface area contributed by atoms with Crippen molar-refractivity contribution < 1.29 is 4.42 Å². The topological polar surface area (TPSA) is 51.8 Å². The summed E-state index contributed by atoms with van der Waals surface area (Å²) in [5, 5.41) is 6.93. The first kappa shape index (κ1) is 27.0. The number of benzene rings is 7. The number of fused-ring (bicyclic) bond motifs is 9. The van der Waals surface area contributed by atoms with Gasteiger partial charge in [0.25, 0.3) is 0 Å². The molecule has 0 fully saturated rings. The summed E-state index contributed by atoms with van der Waals surface area (Å²) in [5.74, 6) is 1.89. The maximum absolute atomic E-state index is 6.22. The van der Waals surface area contributed by atoms with E-state index in [0.29, 0.717) is 17.5 Å². The van der Waals surface area contributed by atoms with Crippen LogP contribution in [-0.4, -0.2) is 15.0 Å². The minimum absolute atomic E-state index is 0.0550. The Hall–Kier alpha value is -6.13. The summed E-state index contributed by atoms with van der Waals surface area (Å²) in [6.07, 6.45) is 0. The molecule has 0 radical (unpaired) electrons. The predicted molar refractivity (Wildman–Crippen MR) is 196 cm³/mol. The fraction of sp³-hybridized carbons (Fsp3) is 0.0682. The molecule has 0 atom stereocenters. The van der Waals surface area contributed by atoms with Gasteiger partial charge >= 0.3 is 0 Å². The second-order valence-corrected chi connectivity index (χ2v) is 13.2. The third-order valence-electron chi connectivity index (χ3n) is 10.1. The SMILES string of the molecule is CC1(C)c2ccccc2-c2cc3ccc4cc(-c5nc(-c6ccccc6)nc(-c6cccc7oc8ccccc8c67)n5)ccc4c3cc21. The van der Waals surface area contributed by atoms with E-state index in [-0.39, 0.29) is 5.41 Å². The van der Waals surface area contributed by atoms with Crippen LogP contribution in [-0.2, 0) is 5.41 Å². The number of rotatable bonds is 3. The molecule has 4 nitrogen and oxygen atoms in total. The normalized spacial score (nSPS) is 13.4. The fourth-order valence-electron chi connectivity index (χ4n) is 7.70. The molecule has 1 aliphatic rings. The summed E-state index contributed by atoms with van der Waals surface area (Å²) in [4.78, 5) is 15.2. The van der Waals surface area contributed by atoms with Crippen molar-refractivity contribution in [2.45, 2.75) is 19.3 Å².